The van der Waals surface area contributed by atoms with E-state index < -0.39 is 0 Å². The predicted octanol–water partition coefficient (Wildman–Crippen LogP) is 2.66. The lowest BCUT2D eigenvalue weighted by molar-refractivity contribution is -0.122. The molecule has 7 heteroatoms. The Labute approximate surface area is 177 Å². The molecule has 1 aliphatic heterocycles. The predicted molar refractivity (Wildman–Crippen MR) is 115 cm³/mol. The monoisotopic (exact) mass is 417 g/mol. The number of hydrogen-bond acceptors (Lipinski definition) is 5. The number of rotatable bonds is 9. The van der Waals surface area contributed by atoms with Crippen molar-refractivity contribution < 1.29 is 14.3 Å². The fourth-order valence-electron chi connectivity index (χ4n) is 3.20. The Morgan fingerprint density at radius 3 is 2.24 bits per heavy atom. The summed E-state index contributed by atoms with van der Waals surface area (Å²) in [6.07, 6.45) is 0. The lowest BCUT2D eigenvalue weighted by Crippen LogP contribution is -2.50. The molecule has 0 radical (unpaired) electrons. The molecule has 0 atom stereocenters. The number of amides is 1. The van der Waals surface area contributed by atoms with Gasteiger partial charge in [-0.3, -0.25) is 14.6 Å². The number of halogens is 1. The second-order valence-corrected chi connectivity index (χ2v) is 7.48. The van der Waals surface area contributed by atoms with Crippen LogP contribution < -0.4 is 14.8 Å². The molecule has 1 fully saturated rings. The van der Waals surface area contributed by atoms with Crippen LogP contribution in [0.2, 0.25) is 5.02 Å². The van der Waals surface area contributed by atoms with Crippen LogP contribution in [0.3, 0.4) is 0 Å². The van der Waals surface area contributed by atoms with Crippen LogP contribution in [-0.2, 0) is 11.3 Å². The average molecular weight is 418 g/mol. The summed E-state index contributed by atoms with van der Waals surface area (Å²) in [4.78, 5) is 16.8. The first-order chi connectivity index (χ1) is 14.1. The summed E-state index contributed by atoms with van der Waals surface area (Å²) in [7, 11) is 1.64. The first-order valence-corrected chi connectivity index (χ1v) is 10.2. The smallest absolute Gasteiger partial charge is 0.234 e. The molecule has 0 unspecified atom stereocenters. The van der Waals surface area contributed by atoms with Crippen LogP contribution in [0.4, 0.5) is 0 Å². The molecule has 0 saturated carbocycles. The van der Waals surface area contributed by atoms with Crippen LogP contribution in [-0.4, -0.2) is 68.7 Å². The van der Waals surface area contributed by atoms with E-state index in [1.54, 1.807) is 7.11 Å². The molecule has 3 rings (SSSR count). The lowest BCUT2D eigenvalue weighted by atomic mass is 10.2. The molecule has 1 amide bonds. The quantitative estimate of drug-likeness (QED) is 0.679. The molecule has 1 N–H and O–H groups in total. The van der Waals surface area contributed by atoms with Crippen molar-refractivity contribution in [1.29, 1.82) is 0 Å². The second kappa shape index (κ2) is 11.0. The van der Waals surface area contributed by atoms with Crippen molar-refractivity contribution >= 4 is 17.5 Å². The number of carbonyl (C=O) groups is 1. The van der Waals surface area contributed by atoms with Crippen molar-refractivity contribution in [3.8, 4) is 11.5 Å². The van der Waals surface area contributed by atoms with E-state index in [0.29, 0.717) is 24.7 Å². The SMILES string of the molecule is COc1ccc(CNC(=O)CN2CCN(CCOc3ccc(Cl)cc3)CC2)cc1. The van der Waals surface area contributed by atoms with Gasteiger partial charge >= 0.3 is 0 Å². The summed E-state index contributed by atoms with van der Waals surface area (Å²) in [5, 5.41) is 3.70. The molecule has 2 aromatic carbocycles. The Bertz CT molecular complexity index is 760. The summed E-state index contributed by atoms with van der Waals surface area (Å²) in [6, 6.07) is 15.1. The zero-order valence-electron chi connectivity index (χ0n) is 16.8. The molecule has 0 aliphatic carbocycles. The highest BCUT2D eigenvalue weighted by Gasteiger charge is 2.18. The van der Waals surface area contributed by atoms with Crippen molar-refractivity contribution in [3.63, 3.8) is 0 Å². The van der Waals surface area contributed by atoms with Crippen molar-refractivity contribution in [2.24, 2.45) is 0 Å². The number of piperazine rings is 1. The van der Waals surface area contributed by atoms with Crippen LogP contribution in [0, 0.1) is 0 Å². The van der Waals surface area contributed by atoms with Crippen LogP contribution in [0.5, 0.6) is 11.5 Å². The molecule has 29 heavy (non-hydrogen) atoms. The van der Waals surface area contributed by atoms with Gasteiger partial charge in [-0.05, 0) is 42.0 Å². The molecular weight excluding hydrogens is 390 g/mol. The third-order valence-corrected chi connectivity index (χ3v) is 5.22. The maximum absolute atomic E-state index is 12.2. The number of benzene rings is 2. The van der Waals surface area contributed by atoms with E-state index in [0.717, 1.165) is 49.8 Å². The summed E-state index contributed by atoms with van der Waals surface area (Å²) < 4.78 is 10.9. The summed E-state index contributed by atoms with van der Waals surface area (Å²) in [6.45, 7) is 6.14. The zero-order valence-corrected chi connectivity index (χ0v) is 17.5. The van der Waals surface area contributed by atoms with Gasteiger partial charge in [0.05, 0.1) is 13.7 Å². The highest BCUT2D eigenvalue weighted by atomic mass is 35.5. The number of carbonyl (C=O) groups excluding carboxylic acids is 1. The summed E-state index contributed by atoms with van der Waals surface area (Å²) in [5.74, 6) is 1.71. The van der Waals surface area contributed by atoms with Gasteiger partial charge in [0.15, 0.2) is 0 Å². The number of nitrogens with one attached hydrogen (secondary N) is 1. The Balaban J connectivity index is 1.29. The number of methoxy groups -OCH3 is 1. The Kier molecular flexibility index (Phi) is 8.16. The largest absolute Gasteiger partial charge is 0.497 e. The Morgan fingerprint density at radius 2 is 1.59 bits per heavy atom. The fraction of sp³-hybridized carbons (Fsp3) is 0.409. The van der Waals surface area contributed by atoms with E-state index in [2.05, 4.69) is 15.1 Å². The molecule has 6 nitrogen and oxygen atoms in total. The number of ether oxygens (including phenoxy) is 2. The second-order valence-electron chi connectivity index (χ2n) is 7.04. The van der Waals surface area contributed by atoms with Gasteiger partial charge in [0, 0.05) is 44.3 Å². The van der Waals surface area contributed by atoms with Gasteiger partial charge in [-0.2, -0.15) is 0 Å². The van der Waals surface area contributed by atoms with E-state index in [9.17, 15) is 4.79 Å². The first kappa shape index (κ1) is 21.4. The van der Waals surface area contributed by atoms with Crippen LogP contribution in [0.15, 0.2) is 48.5 Å². The van der Waals surface area contributed by atoms with Crippen molar-refractivity contribution in [1.82, 2.24) is 15.1 Å². The third kappa shape index (κ3) is 7.24. The van der Waals surface area contributed by atoms with E-state index in [1.165, 1.54) is 0 Å². The molecule has 2 aromatic rings. The number of hydrogen-bond donors (Lipinski definition) is 1. The first-order valence-electron chi connectivity index (χ1n) is 9.85. The van der Waals surface area contributed by atoms with E-state index >= 15 is 0 Å². The Hall–Kier alpha value is -2.28. The van der Waals surface area contributed by atoms with Gasteiger partial charge in [0.25, 0.3) is 0 Å². The van der Waals surface area contributed by atoms with Gasteiger partial charge in [-0.15, -0.1) is 0 Å². The Morgan fingerprint density at radius 1 is 0.966 bits per heavy atom. The molecule has 1 saturated heterocycles. The minimum absolute atomic E-state index is 0.0559. The highest BCUT2D eigenvalue weighted by Crippen LogP contribution is 2.15. The van der Waals surface area contributed by atoms with Gasteiger partial charge in [0.1, 0.15) is 18.1 Å². The van der Waals surface area contributed by atoms with Crippen molar-refractivity contribution in [2.45, 2.75) is 6.54 Å². The average Bonchev–Trinajstić information content (AvgIpc) is 2.75. The van der Waals surface area contributed by atoms with Gasteiger partial charge in [-0.25, -0.2) is 0 Å². The molecule has 1 heterocycles. The molecule has 0 spiro atoms. The topological polar surface area (TPSA) is 54.0 Å². The van der Waals surface area contributed by atoms with Crippen molar-refractivity contribution in [3.05, 3.63) is 59.1 Å². The normalized spacial score (nSPS) is 15.1. The molecule has 156 valence electrons. The maximum atomic E-state index is 12.2. The lowest BCUT2D eigenvalue weighted by Gasteiger charge is -2.34. The van der Waals surface area contributed by atoms with E-state index in [1.807, 2.05) is 48.5 Å². The number of nitrogens with zero attached hydrogens (tertiary/aromatic N) is 2. The van der Waals surface area contributed by atoms with Gasteiger partial charge < -0.3 is 14.8 Å². The van der Waals surface area contributed by atoms with Gasteiger partial charge in [0.2, 0.25) is 5.91 Å². The molecule has 0 aromatic heterocycles. The fourth-order valence-corrected chi connectivity index (χ4v) is 3.32. The van der Waals surface area contributed by atoms with Crippen LogP contribution >= 0.6 is 11.6 Å². The summed E-state index contributed by atoms with van der Waals surface area (Å²) in [5.41, 5.74) is 1.06. The van der Waals surface area contributed by atoms with E-state index in [4.69, 9.17) is 21.1 Å². The van der Waals surface area contributed by atoms with Crippen LogP contribution in [0.1, 0.15) is 5.56 Å². The molecular formula is C22H28ClN3O3. The molecule has 1 aliphatic rings. The summed E-state index contributed by atoms with van der Waals surface area (Å²) >= 11 is 5.88. The van der Waals surface area contributed by atoms with Gasteiger partial charge in [-0.1, -0.05) is 23.7 Å². The third-order valence-electron chi connectivity index (χ3n) is 4.97. The standard InChI is InChI=1S/C22H28ClN3O3/c1-28-20-6-2-18(3-7-20)16-24-22(27)17-26-12-10-25(11-13-26)14-15-29-21-8-4-19(23)5-9-21/h2-9H,10-17H2,1H3,(H,24,27). The minimum Gasteiger partial charge on any atom is -0.497 e. The van der Waals surface area contributed by atoms with Crippen LogP contribution in [0.25, 0.3) is 0 Å². The maximum Gasteiger partial charge on any atom is 0.234 e. The highest BCUT2D eigenvalue weighted by molar-refractivity contribution is 6.30. The van der Waals surface area contributed by atoms with Crippen molar-refractivity contribution in [2.75, 3.05) is 53.0 Å². The zero-order chi connectivity index (χ0) is 20.5. The molecule has 0 bridgehead atoms. The minimum atomic E-state index is 0.0559. The van der Waals surface area contributed by atoms with E-state index in [-0.39, 0.29) is 5.91 Å².